The van der Waals surface area contributed by atoms with Crippen LogP contribution in [0.3, 0.4) is 0 Å². The van der Waals surface area contributed by atoms with E-state index in [2.05, 4.69) is 10.2 Å². The molecule has 1 aliphatic rings. The van der Waals surface area contributed by atoms with Gasteiger partial charge < -0.3 is 6.15 Å². The lowest BCUT2D eigenvalue weighted by Crippen LogP contribution is -1.74. The van der Waals surface area contributed by atoms with Crippen molar-refractivity contribution in [2.24, 2.45) is 10.2 Å². The van der Waals surface area contributed by atoms with Crippen molar-refractivity contribution >= 4 is 5.91 Å². The van der Waals surface area contributed by atoms with E-state index in [9.17, 15) is 4.79 Å². The topological polar surface area (TPSA) is 76.8 Å². The highest BCUT2D eigenvalue weighted by molar-refractivity contribution is 5.89. The molecule has 4 nitrogen and oxygen atoms in total. The largest absolute Gasteiger partial charge is 0.344 e. The highest BCUT2D eigenvalue weighted by atomic mass is 16.1. The normalized spacial score (nSPS) is 11.5. The van der Waals surface area contributed by atoms with E-state index in [0.717, 1.165) is 0 Å². The van der Waals surface area contributed by atoms with Crippen molar-refractivity contribution in [3.05, 3.63) is 48.7 Å². The van der Waals surface area contributed by atoms with Gasteiger partial charge in [-0.3, -0.25) is 4.79 Å². The minimum atomic E-state index is -0.269. The fraction of sp³-hybridized carbons (Fsp3) is 0. The van der Waals surface area contributed by atoms with Gasteiger partial charge in [-0.1, -0.05) is 36.4 Å². The Morgan fingerprint density at radius 2 is 1.38 bits per heavy atom. The smallest absolute Gasteiger partial charge is 0.289 e. The van der Waals surface area contributed by atoms with Crippen LogP contribution in [0.5, 0.6) is 0 Å². The first-order valence-electron chi connectivity index (χ1n) is 3.51. The minimum absolute atomic E-state index is 0. The SMILES string of the molecule is N.O=C1C=CN=N1.c1ccccc1. The molecule has 3 N–H and O–H groups in total. The third-order valence-electron chi connectivity index (χ3n) is 1.11. The van der Waals surface area contributed by atoms with Gasteiger partial charge in [0.1, 0.15) is 0 Å². The molecule has 1 amide bonds. The van der Waals surface area contributed by atoms with E-state index in [0.29, 0.717) is 0 Å². The Balaban J connectivity index is 0.000000206. The van der Waals surface area contributed by atoms with Crippen LogP contribution in [0.25, 0.3) is 0 Å². The molecule has 0 fully saturated rings. The first kappa shape index (κ1) is 11.2. The lowest BCUT2D eigenvalue weighted by Gasteiger charge is -1.69. The second-order valence-electron chi connectivity index (χ2n) is 2.02. The molecule has 2 rings (SSSR count). The summed E-state index contributed by atoms with van der Waals surface area (Å²) in [7, 11) is 0. The summed E-state index contributed by atoms with van der Waals surface area (Å²) < 4.78 is 0. The number of amides is 1. The van der Waals surface area contributed by atoms with Crippen LogP contribution in [0.4, 0.5) is 0 Å². The van der Waals surface area contributed by atoms with Crippen LogP contribution in [0.2, 0.25) is 0 Å². The summed E-state index contributed by atoms with van der Waals surface area (Å²) in [5, 5.41) is 6.37. The summed E-state index contributed by atoms with van der Waals surface area (Å²) in [5.74, 6) is -0.269. The fourth-order valence-corrected chi connectivity index (χ4v) is 0.606. The average Bonchev–Trinajstić information content (AvgIpc) is 2.60. The molecule has 0 saturated carbocycles. The molecule has 1 heterocycles. The Bertz CT molecular complexity index is 252. The lowest BCUT2D eigenvalue weighted by atomic mass is 10.4. The van der Waals surface area contributed by atoms with Crippen molar-refractivity contribution in [2.75, 3.05) is 0 Å². The maximum atomic E-state index is 9.90. The van der Waals surface area contributed by atoms with Gasteiger partial charge in [0.25, 0.3) is 5.91 Å². The Labute approximate surface area is 76.6 Å². The molecule has 0 aromatic heterocycles. The summed E-state index contributed by atoms with van der Waals surface area (Å²) in [6.45, 7) is 0. The molecule has 0 bridgehead atoms. The third-order valence-corrected chi connectivity index (χ3v) is 1.11. The standard InChI is InChI=1S/C6H6.C3H2N2O.H3N/c1-2-4-6-5-3-1;6-3-1-2-4-5-3;/h1-6H;1-2H;1H3. The molecular formula is C9H11N3O. The first-order valence-corrected chi connectivity index (χ1v) is 3.51. The van der Waals surface area contributed by atoms with Crippen LogP contribution in [0.1, 0.15) is 0 Å². The minimum Gasteiger partial charge on any atom is -0.344 e. The van der Waals surface area contributed by atoms with Gasteiger partial charge in [-0.25, -0.2) is 0 Å². The molecule has 13 heavy (non-hydrogen) atoms. The van der Waals surface area contributed by atoms with Crippen molar-refractivity contribution in [2.45, 2.75) is 0 Å². The predicted octanol–water partition coefficient (Wildman–Crippen LogP) is 2.34. The van der Waals surface area contributed by atoms with Crippen molar-refractivity contribution in [3.8, 4) is 0 Å². The lowest BCUT2D eigenvalue weighted by molar-refractivity contribution is -0.113. The number of benzene rings is 1. The van der Waals surface area contributed by atoms with Crippen molar-refractivity contribution in [1.29, 1.82) is 0 Å². The number of carbonyl (C=O) groups is 1. The van der Waals surface area contributed by atoms with E-state index in [1.165, 1.54) is 12.3 Å². The van der Waals surface area contributed by atoms with Gasteiger partial charge in [0.15, 0.2) is 0 Å². The van der Waals surface area contributed by atoms with Crippen LogP contribution in [0.15, 0.2) is 58.9 Å². The monoisotopic (exact) mass is 177 g/mol. The van der Waals surface area contributed by atoms with Crippen LogP contribution < -0.4 is 6.15 Å². The highest BCUT2D eigenvalue weighted by Crippen LogP contribution is 1.90. The summed E-state index contributed by atoms with van der Waals surface area (Å²) in [6, 6.07) is 12.0. The molecule has 0 atom stereocenters. The van der Waals surface area contributed by atoms with Crippen LogP contribution in [0, 0.1) is 0 Å². The highest BCUT2D eigenvalue weighted by Gasteiger charge is 1.92. The van der Waals surface area contributed by atoms with Gasteiger partial charge in [0.05, 0.1) is 6.20 Å². The Hall–Kier alpha value is -1.81. The molecule has 4 heteroatoms. The Kier molecular flexibility index (Phi) is 5.92. The van der Waals surface area contributed by atoms with Crippen LogP contribution >= 0.6 is 0 Å². The molecule has 0 aliphatic carbocycles. The summed E-state index contributed by atoms with van der Waals surface area (Å²) in [5.41, 5.74) is 0. The average molecular weight is 177 g/mol. The molecule has 0 saturated heterocycles. The fourth-order valence-electron chi connectivity index (χ4n) is 0.606. The quantitative estimate of drug-likeness (QED) is 0.660. The van der Waals surface area contributed by atoms with Gasteiger partial charge in [0, 0.05) is 6.08 Å². The molecule has 68 valence electrons. The molecule has 1 aliphatic heterocycles. The molecular weight excluding hydrogens is 166 g/mol. The van der Waals surface area contributed by atoms with Gasteiger partial charge in [-0.15, -0.1) is 5.11 Å². The van der Waals surface area contributed by atoms with E-state index in [1.807, 2.05) is 36.4 Å². The predicted molar refractivity (Wildman–Crippen MR) is 50.5 cm³/mol. The zero-order chi connectivity index (χ0) is 8.65. The zero-order valence-electron chi connectivity index (χ0n) is 7.13. The van der Waals surface area contributed by atoms with Crippen molar-refractivity contribution in [1.82, 2.24) is 6.15 Å². The van der Waals surface area contributed by atoms with Crippen molar-refractivity contribution in [3.63, 3.8) is 0 Å². The van der Waals surface area contributed by atoms with Gasteiger partial charge in [-0.2, -0.15) is 5.11 Å². The molecule has 1 aromatic rings. The molecule has 0 unspecified atom stereocenters. The second-order valence-corrected chi connectivity index (χ2v) is 2.02. The van der Waals surface area contributed by atoms with Gasteiger partial charge in [0.2, 0.25) is 0 Å². The maximum absolute atomic E-state index is 9.90. The number of rotatable bonds is 0. The Morgan fingerprint density at radius 3 is 1.54 bits per heavy atom. The summed E-state index contributed by atoms with van der Waals surface area (Å²) in [4.78, 5) is 9.90. The summed E-state index contributed by atoms with van der Waals surface area (Å²) >= 11 is 0. The molecule has 0 spiro atoms. The third kappa shape index (κ3) is 5.46. The van der Waals surface area contributed by atoms with E-state index in [1.54, 1.807) is 0 Å². The first-order chi connectivity index (χ1) is 5.89. The van der Waals surface area contributed by atoms with Crippen molar-refractivity contribution < 1.29 is 4.79 Å². The zero-order valence-corrected chi connectivity index (χ0v) is 7.13. The number of nitrogens with zero attached hydrogens (tertiary/aromatic N) is 2. The van der Waals surface area contributed by atoms with E-state index >= 15 is 0 Å². The number of carbonyl (C=O) groups excluding carboxylic acids is 1. The maximum Gasteiger partial charge on any atom is 0.289 e. The van der Waals surface area contributed by atoms with E-state index in [4.69, 9.17) is 0 Å². The van der Waals surface area contributed by atoms with Crippen LogP contribution in [-0.2, 0) is 4.79 Å². The second kappa shape index (κ2) is 6.87. The van der Waals surface area contributed by atoms with E-state index < -0.39 is 0 Å². The summed E-state index contributed by atoms with van der Waals surface area (Å²) in [6.07, 6.45) is 2.67. The number of azo groups is 1. The van der Waals surface area contributed by atoms with Gasteiger partial charge in [-0.05, 0) is 0 Å². The van der Waals surface area contributed by atoms with E-state index in [-0.39, 0.29) is 12.1 Å². The number of hydrogen-bond acceptors (Lipinski definition) is 3. The van der Waals surface area contributed by atoms with Gasteiger partial charge >= 0.3 is 0 Å². The Morgan fingerprint density at radius 1 is 0.923 bits per heavy atom. The van der Waals surface area contributed by atoms with Crippen LogP contribution in [-0.4, -0.2) is 5.91 Å². The molecule has 1 aromatic carbocycles. The number of hydrogen-bond donors (Lipinski definition) is 1. The molecule has 0 radical (unpaired) electrons.